The van der Waals surface area contributed by atoms with E-state index in [2.05, 4.69) is 0 Å². The van der Waals surface area contributed by atoms with E-state index in [0.717, 1.165) is 17.0 Å². The van der Waals surface area contributed by atoms with Gasteiger partial charge in [0.05, 0.1) is 5.92 Å². The average molecular weight is 209 g/mol. The van der Waals surface area contributed by atoms with Crippen LogP contribution in [0.25, 0.3) is 0 Å². The van der Waals surface area contributed by atoms with E-state index < -0.39 is 0 Å². The lowest BCUT2D eigenvalue weighted by Gasteiger charge is -2.13. The smallest absolute Gasteiger partial charge is 0.146 e. The minimum Gasteiger partial charge on any atom is -0.299 e. The van der Waals surface area contributed by atoms with Crippen LogP contribution < -0.4 is 0 Å². The Bertz CT molecular complexity index is 420. The molecule has 0 fully saturated rings. The molecule has 2 aromatic rings. The topological polar surface area (TPSA) is 17.1 Å². The van der Waals surface area contributed by atoms with Crippen molar-refractivity contribution in [1.29, 1.82) is 0 Å². The summed E-state index contributed by atoms with van der Waals surface area (Å²) >= 11 is 0. The fourth-order valence-corrected chi connectivity index (χ4v) is 1.78. The predicted octanol–water partition coefficient (Wildman–Crippen LogP) is 3.25. The van der Waals surface area contributed by atoms with E-state index in [0.29, 0.717) is 0 Å². The second-order valence-electron chi connectivity index (χ2n) is 3.66. The van der Waals surface area contributed by atoms with Gasteiger partial charge in [-0.2, -0.15) is 0 Å². The molecule has 0 aliphatic heterocycles. The Morgan fingerprint density at radius 2 is 1.12 bits per heavy atom. The average Bonchev–Trinajstić information content (AvgIpc) is 2.31. The van der Waals surface area contributed by atoms with E-state index in [9.17, 15) is 4.79 Å². The molecule has 16 heavy (non-hydrogen) atoms. The van der Waals surface area contributed by atoms with Crippen LogP contribution in [0, 0.1) is 5.92 Å². The van der Waals surface area contributed by atoms with Crippen LogP contribution in [0.5, 0.6) is 0 Å². The Balaban J connectivity index is 2.44. The molecule has 1 nitrogen and oxygen atoms in total. The van der Waals surface area contributed by atoms with Crippen LogP contribution >= 0.6 is 0 Å². The normalized spacial score (nSPS) is 10.4. The highest BCUT2D eigenvalue weighted by Gasteiger charge is 2.19. The first kappa shape index (κ1) is 10.6. The fourth-order valence-electron chi connectivity index (χ4n) is 1.78. The summed E-state index contributed by atoms with van der Waals surface area (Å²) in [6, 6.07) is 19.5. The predicted molar refractivity (Wildman–Crippen MR) is 65.0 cm³/mol. The summed E-state index contributed by atoms with van der Waals surface area (Å²) in [5.41, 5.74) is 1.95. The van der Waals surface area contributed by atoms with Gasteiger partial charge in [0, 0.05) is 0 Å². The van der Waals surface area contributed by atoms with E-state index in [-0.39, 0.29) is 5.78 Å². The quantitative estimate of drug-likeness (QED) is 0.758. The SMILES string of the molecule is CC(=O)[C](c1ccccc1)c1ccccc1. The molecule has 0 saturated heterocycles. The number of carbonyl (C=O) groups is 1. The molecule has 0 aliphatic rings. The molecule has 2 aromatic carbocycles. The summed E-state index contributed by atoms with van der Waals surface area (Å²) in [4.78, 5) is 11.7. The minimum atomic E-state index is 0.0948. The summed E-state index contributed by atoms with van der Waals surface area (Å²) in [5.74, 6) is 0.874. The molecular formula is C15H13O. The second kappa shape index (κ2) is 4.75. The van der Waals surface area contributed by atoms with E-state index in [1.807, 2.05) is 60.7 Å². The third-order valence-corrected chi connectivity index (χ3v) is 2.48. The lowest BCUT2D eigenvalue weighted by molar-refractivity contribution is -0.114. The van der Waals surface area contributed by atoms with Crippen molar-refractivity contribution in [2.24, 2.45) is 0 Å². The number of carbonyl (C=O) groups excluding carboxylic acids is 1. The maximum absolute atomic E-state index is 11.7. The lowest BCUT2D eigenvalue weighted by atomic mass is 9.88. The minimum absolute atomic E-state index is 0.0948. The largest absolute Gasteiger partial charge is 0.299 e. The van der Waals surface area contributed by atoms with Gasteiger partial charge in [0.15, 0.2) is 0 Å². The van der Waals surface area contributed by atoms with Gasteiger partial charge in [0.2, 0.25) is 0 Å². The third-order valence-electron chi connectivity index (χ3n) is 2.48. The Morgan fingerprint density at radius 3 is 1.44 bits per heavy atom. The standard InChI is InChI=1S/C15H13O/c1-12(16)15(13-8-4-2-5-9-13)14-10-6-3-7-11-14/h2-11H,1H3. The molecule has 2 rings (SSSR count). The first-order chi connectivity index (χ1) is 7.79. The van der Waals surface area contributed by atoms with Crippen molar-refractivity contribution in [2.75, 3.05) is 0 Å². The molecule has 0 saturated carbocycles. The monoisotopic (exact) mass is 209 g/mol. The molecule has 79 valence electrons. The number of ketones is 1. The van der Waals surface area contributed by atoms with Crippen LogP contribution in [0.2, 0.25) is 0 Å². The molecule has 0 N–H and O–H groups in total. The van der Waals surface area contributed by atoms with Crippen LogP contribution in [0.15, 0.2) is 60.7 Å². The fraction of sp³-hybridized carbons (Fsp3) is 0.0667. The molecule has 0 heterocycles. The van der Waals surface area contributed by atoms with E-state index in [1.165, 1.54) is 0 Å². The zero-order valence-electron chi connectivity index (χ0n) is 9.18. The molecule has 0 atom stereocenters. The summed E-state index contributed by atoms with van der Waals surface area (Å²) in [5, 5.41) is 0. The molecular weight excluding hydrogens is 196 g/mol. The van der Waals surface area contributed by atoms with Crippen LogP contribution in [-0.4, -0.2) is 5.78 Å². The molecule has 0 aliphatic carbocycles. The highest BCUT2D eigenvalue weighted by molar-refractivity contribution is 5.98. The Hall–Kier alpha value is -1.89. The number of benzene rings is 2. The van der Waals surface area contributed by atoms with Crippen molar-refractivity contribution >= 4 is 5.78 Å². The number of hydrogen-bond donors (Lipinski definition) is 0. The summed E-state index contributed by atoms with van der Waals surface area (Å²) < 4.78 is 0. The number of hydrogen-bond acceptors (Lipinski definition) is 1. The summed E-state index contributed by atoms with van der Waals surface area (Å²) in [7, 11) is 0. The van der Waals surface area contributed by atoms with Gasteiger partial charge < -0.3 is 0 Å². The van der Waals surface area contributed by atoms with Crippen molar-refractivity contribution in [3.05, 3.63) is 77.7 Å². The molecule has 1 radical (unpaired) electrons. The molecule has 0 aromatic heterocycles. The van der Waals surface area contributed by atoms with Crippen molar-refractivity contribution in [3.8, 4) is 0 Å². The Labute approximate surface area is 95.7 Å². The maximum atomic E-state index is 11.7. The molecule has 1 heteroatoms. The highest BCUT2D eigenvalue weighted by Crippen LogP contribution is 2.23. The van der Waals surface area contributed by atoms with Crippen LogP contribution in [0.1, 0.15) is 18.1 Å². The summed E-state index contributed by atoms with van der Waals surface area (Å²) in [6.45, 7) is 1.61. The van der Waals surface area contributed by atoms with Gasteiger partial charge in [-0.15, -0.1) is 0 Å². The van der Waals surface area contributed by atoms with Gasteiger partial charge in [-0.25, -0.2) is 0 Å². The Kier molecular flexibility index (Phi) is 3.16. The molecule has 0 spiro atoms. The van der Waals surface area contributed by atoms with Gasteiger partial charge in [-0.1, -0.05) is 60.7 Å². The van der Waals surface area contributed by atoms with Crippen LogP contribution in [-0.2, 0) is 4.79 Å². The molecule has 0 bridgehead atoms. The first-order valence-electron chi connectivity index (χ1n) is 5.28. The number of Topliss-reactive ketones (excluding diaryl/α,β-unsaturated/α-hetero) is 1. The zero-order valence-corrected chi connectivity index (χ0v) is 9.18. The molecule has 0 amide bonds. The summed E-state index contributed by atoms with van der Waals surface area (Å²) in [6.07, 6.45) is 0. The van der Waals surface area contributed by atoms with Gasteiger partial charge in [0.1, 0.15) is 5.78 Å². The maximum Gasteiger partial charge on any atom is 0.146 e. The first-order valence-corrected chi connectivity index (χ1v) is 5.28. The lowest BCUT2D eigenvalue weighted by Crippen LogP contribution is -2.11. The second-order valence-corrected chi connectivity index (χ2v) is 3.66. The molecule has 0 unspecified atom stereocenters. The van der Waals surface area contributed by atoms with Gasteiger partial charge in [0.25, 0.3) is 0 Å². The zero-order chi connectivity index (χ0) is 11.4. The van der Waals surface area contributed by atoms with Gasteiger partial charge in [-0.05, 0) is 18.1 Å². The van der Waals surface area contributed by atoms with E-state index in [4.69, 9.17) is 0 Å². The van der Waals surface area contributed by atoms with Crippen LogP contribution in [0.3, 0.4) is 0 Å². The highest BCUT2D eigenvalue weighted by atomic mass is 16.1. The van der Waals surface area contributed by atoms with E-state index >= 15 is 0 Å². The van der Waals surface area contributed by atoms with Crippen molar-refractivity contribution in [1.82, 2.24) is 0 Å². The van der Waals surface area contributed by atoms with Crippen LogP contribution in [0.4, 0.5) is 0 Å². The van der Waals surface area contributed by atoms with Crippen molar-refractivity contribution < 1.29 is 4.79 Å². The van der Waals surface area contributed by atoms with Gasteiger partial charge in [-0.3, -0.25) is 4.79 Å². The van der Waals surface area contributed by atoms with E-state index in [1.54, 1.807) is 6.92 Å². The number of rotatable bonds is 3. The van der Waals surface area contributed by atoms with Crippen molar-refractivity contribution in [2.45, 2.75) is 6.92 Å². The Morgan fingerprint density at radius 1 is 0.750 bits per heavy atom. The third kappa shape index (κ3) is 2.19. The van der Waals surface area contributed by atoms with Gasteiger partial charge >= 0.3 is 0 Å². The van der Waals surface area contributed by atoms with Crippen molar-refractivity contribution in [3.63, 3.8) is 0 Å².